The van der Waals surface area contributed by atoms with Crippen LogP contribution in [0.5, 0.6) is 0 Å². The molecule has 0 radical (unpaired) electrons. The summed E-state index contributed by atoms with van der Waals surface area (Å²) in [6.07, 6.45) is 2.72. The highest BCUT2D eigenvalue weighted by Crippen LogP contribution is 2.20. The van der Waals surface area contributed by atoms with Crippen molar-refractivity contribution >= 4 is 15.9 Å². The minimum absolute atomic E-state index is 0.126. The number of sulfonamides is 1. The van der Waals surface area contributed by atoms with E-state index >= 15 is 0 Å². The molecule has 0 saturated heterocycles. The molecule has 1 amide bonds. The van der Waals surface area contributed by atoms with E-state index < -0.39 is 10.0 Å². The van der Waals surface area contributed by atoms with Crippen LogP contribution in [0.4, 0.5) is 0 Å². The molecule has 0 unspecified atom stereocenters. The van der Waals surface area contributed by atoms with Crippen LogP contribution in [0.2, 0.25) is 0 Å². The van der Waals surface area contributed by atoms with Crippen molar-refractivity contribution in [3.63, 3.8) is 0 Å². The molecule has 1 aromatic rings. The molecule has 1 saturated carbocycles. The number of nitrogens with zero attached hydrogens (tertiary/aromatic N) is 1. The summed E-state index contributed by atoms with van der Waals surface area (Å²) in [6, 6.07) is 6.39. The second-order valence-corrected chi connectivity index (χ2v) is 7.60. The fourth-order valence-electron chi connectivity index (χ4n) is 1.99. The Labute approximate surface area is 131 Å². The smallest absolute Gasteiger partial charge is 0.251 e. The Morgan fingerprint density at radius 1 is 1.32 bits per heavy atom. The number of amides is 1. The molecular weight excluding hydrogens is 302 g/mol. The second kappa shape index (κ2) is 7.21. The fourth-order valence-corrected chi connectivity index (χ4v) is 3.11. The largest absolute Gasteiger partial charge is 0.349 e. The van der Waals surface area contributed by atoms with Crippen molar-refractivity contribution in [1.29, 1.82) is 0 Å². The van der Waals surface area contributed by atoms with E-state index in [0.717, 1.165) is 25.8 Å². The maximum atomic E-state index is 12.2. The van der Waals surface area contributed by atoms with Crippen molar-refractivity contribution < 1.29 is 13.2 Å². The highest BCUT2D eigenvalue weighted by molar-refractivity contribution is 7.89. The number of benzene rings is 1. The Morgan fingerprint density at radius 2 is 2.05 bits per heavy atom. The molecule has 1 aromatic carbocycles. The monoisotopic (exact) mass is 325 g/mol. The molecule has 7 heteroatoms. The summed E-state index contributed by atoms with van der Waals surface area (Å²) in [6.45, 7) is 1.19. The van der Waals surface area contributed by atoms with E-state index in [0.29, 0.717) is 12.1 Å². The Balaban J connectivity index is 1.98. The van der Waals surface area contributed by atoms with Gasteiger partial charge in [0.2, 0.25) is 10.0 Å². The van der Waals surface area contributed by atoms with E-state index in [1.54, 1.807) is 12.1 Å². The zero-order valence-electron chi connectivity index (χ0n) is 13.0. The lowest BCUT2D eigenvalue weighted by molar-refractivity contribution is 0.0951. The van der Waals surface area contributed by atoms with Gasteiger partial charge >= 0.3 is 0 Å². The standard InChI is InChI=1S/C15H23N3O3S/c1-18(2)10-4-9-16-22(20,21)14-6-3-5-12(11-14)15(19)17-13-7-8-13/h3,5-6,11,13,16H,4,7-10H2,1-2H3,(H,17,19). The van der Waals surface area contributed by atoms with Crippen LogP contribution in [0, 0.1) is 0 Å². The van der Waals surface area contributed by atoms with Gasteiger partial charge in [-0.15, -0.1) is 0 Å². The lowest BCUT2D eigenvalue weighted by Gasteiger charge is -2.11. The zero-order chi connectivity index (χ0) is 16.2. The summed E-state index contributed by atoms with van der Waals surface area (Å²) in [5, 5.41) is 2.85. The van der Waals surface area contributed by atoms with Gasteiger partial charge in [0.05, 0.1) is 4.90 Å². The quantitative estimate of drug-likeness (QED) is 0.693. The van der Waals surface area contributed by atoms with E-state index in [2.05, 4.69) is 10.0 Å². The first-order chi connectivity index (χ1) is 10.4. The molecule has 0 atom stereocenters. The lowest BCUT2D eigenvalue weighted by Crippen LogP contribution is -2.28. The van der Waals surface area contributed by atoms with Crippen LogP contribution < -0.4 is 10.0 Å². The van der Waals surface area contributed by atoms with Crippen LogP contribution in [0.25, 0.3) is 0 Å². The first kappa shape index (κ1) is 16.9. The molecule has 122 valence electrons. The molecule has 1 aliphatic carbocycles. The maximum Gasteiger partial charge on any atom is 0.251 e. The van der Waals surface area contributed by atoms with Crippen molar-refractivity contribution in [2.75, 3.05) is 27.2 Å². The lowest BCUT2D eigenvalue weighted by atomic mass is 10.2. The van der Waals surface area contributed by atoms with Crippen molar-refractivity contribution in [2.24, 2.45) is 0 Å². The molecule has 0 spiro atoms. The average Bonchev–Trinajstić information content (AvgIpc) is 3.27. The number of carbonyl (C=O) groups is 1. The molecule has 0 heterocycles. The number of carbonyl (C=O) groups excluding carboxylic acids is 1. The van der Waals surface area contributed by atoms with Crippen LogP contribution >= 0.6 is 0 Å². The molecule has 2 N–H and O–H groups in total. The van der Waals surface area contributed by atoms with E-state index in [1.165, 1.54) is 12.1 Å². The topological polar surface area (TPSA) is 78.5 Å². The third-order valence-electron chi connectivity index (χ3n) is 3.39. The second-order valence-electron chi connectivity index (χ2n) is 5.83. The Morgan fingerprint density at radius 3 is 2.68 bits per heavy atom. The molecule has 0 bridgehead atoms. The summed E-state index contributed by atoms with van der Waals surface area (Å²) in [5.74, 6) is -0.216. The summed E-state index contributed by atoms with van der Waals surface area (Å²) in [4.78, 5) is 14.1. The van der Waals surface area contributed by atoms with Gasteiger partial charge in [0.1, 0.15) is 0 Å². The molecule has 6 nitrogen and oxygen atoms in total. The van der Waals surface area contributed by atoms with Crippen LogP contribution in [0.3, 0.4) is 0 Å². The van der Waals surface area contributed by atoms with E-state index in [4.69, 9.17) is 0 Å². The molecule has 0 aromatic heterocycles. The van der Waals surface area contributed by atoms with Crippen LogP contribution in [-0.4, -0.2) is 52.5 Å². The van der Waals surface area contributed by atoms with E-state index in [9.17, 15) is 13.2 Å². The Kier molecular flexibility index (Phi) is 5.55. The predicted molar refractivity (Wildman–Crippen MR) is 85.3 cm³/mol. The van der Waals surface area contributed by atoms with Crippen LogP contribution in [0.15, 0.2) is 29.2 Å². The van der Waals surface area contributed by atoms with Gasteiger partial charge in [-0.1, -0.05) is 6.07 Å². The van der Waals surface area contributed by atoms with Gasteiger partial charge in [-0.2, -0.15) is 0 Å². The van der Waals surface area contributed by atoms with Gasteiger partial charge < -0.3 is 10.2 Å². The molecule has 1 aliphatic rings. The van der Waals surface area contributed by atoms with Gasteiger partial charge in [-0.05, 0) is 58.1 Å². The van der Waals surface area contributed by atoms with Gasteiger partial charge in [-0.3, -0.25) is 4.79 Å². The van der Waals surface area contributed by atoms with Crippen LogP contribution in [0.1, 0.15) is 29.6 Å². The van der Waals surface area contributed by atoms with E-state index in [-0.39, 0.29) is 16.8 Å². The number of nitrogens with one attached hydrogen (secondary N) is 2. The maximum absolute atomic E-state index is 12.2. The van der Waals surface area contributed by atoms with Crippen molar-refractivity contribution in [3.05, 3.63) is 29.8 Å². The van der Waals surface area contributed by atoms with Gasteiger partial charge in [0.15, 0.2) is 0 Å². The normalized spacial score (nSPS) is 15.0. The number of hydrogen-bond acceptors (Lipinski definition) is 4. The number of rotatable bonds is 8. The highest BCUT2D eigenvalue weighted by atomic mass is 32.2. The number of hydrogen-bond donors (Lipinski definition) is 2. The van der Waals surface area contributed by atoms with Crippen LogP contribution in [-0.2, 0) is 10.0 Å². The van der Waals surface area contributed by atoms with Gasteiger partial charge in [0, 0.05) is 18.2 Å². The Bertz CT molecular complexity index is 625. The van der Waals surface area contributed by atoms with Crippen molar-refractivity contribution in [2.45, 2.75) is 30.2 Å². The molecule has 22 heavy (non-hydrogen) atoms. The summed E-state index contributed by atoms with van der Waals surface area (Å²) in [7, 11) is 0.306. The summed E-state index contributed by atoms with van der Waals surface area (Å²) >= 11 is 0. The molecule has 1 fully saturated rings. The van der Waals surface area contributed by atoms with Crippen molar-refractivity contribution in [1.82, 2.24) is 14.9 Å². The minimum Gasteiger partial charge on any atom is -0.349 e. The Hall–Kier alpha value is -1.44. The van der Waals surface area contributed by atoms with E-state index in [1.807, 2.05) is 19.0 Å². The van der Waals surface area contributed by atoms with Gasteiger partial charge in [-0.25, -0.2) is 13.1 Å². The molecule has 0 aliphatic heterocycles. The summed E-state index contributed by atoms with van der Waals surface area (Å²) in [5.41, 5.74) is 0.378. The van der Waals surface area contributed by atoms with Crippen molar-refractivity contribution in [3.8, 4) is 0 Å². The average molecular weight is 325 g/mol. The molecular formula is C15H23N3O3S. The fraction of sp³-hybridized carbons (Fsp3) is 0.533. The third-order valence-corrected chi connectivity index (χ3v) is 4.85. The molecule has 2 rings (SSSR count). The first-order valence-electron chi connectivity index (χ1n) is 7.44. The minimum atomic E-state index is -3.58. The highest BCUT2D eigenvalue weighted by Gasteiger charge is 2.24. The van der Waals surface area contributed by atoms with Gasteiger partial charge in [0.25, 0.3) is 5.91 Å². The SMILES string of the molecule is CN(C)CCCNS(=O)(=O)c1cccc(C(=O)NC2CC2)c1. The third kappa shape index (κ3) is 5.08. The first-order valence-corrected chi connectivity index (χ1v) is 8.92. The summed E-state index contributed by atoms with van der Waals surface area (Å²) < 4.78 is 27.0. The zero-order valence-corrected chi connectivity index (χ0v) is 13.8. The predicted octanol–water partition coefficient (Wildman–Crippen LogP) is 0.809.